The maximum Gasteiger partial charge on any atom is 0.331 e. The highest BCUT2D eigenvalue weighted by Gasteiger charge is 2.42. The Labute approximate surface area is 122 Å². The second kappa shape index (κ2) is 5.81. The topological polar surface area (TPSA) is 89.6 Å². The maximum absolute atomic E-state index is 12.3. The van der Waals surface area contributed by atoms with Crippen molar-refractivity contribution in [1.29, 1.82) is 0 Å². The average molecular weight is 300 g/mol. The van der Waals surface area contributed by atoms with Gasteiger partial charge in [-0.2, -0.15) is 0 Å². The number of ether oxygens (including phenoxy) is 1. The average Bonchev–Trinajstić information content (AvgIpc) is 2.25. The van der Waals surface area contributed by atoms with Crippen molar-refractivity contribution in [3.8, 4) is 0 Å². The summed E-state index contributed by atoms with van der Waals surface area (Å²) in [5.74, 6) is -1.99. The van der Waals surface area contributed by atoms with Gasteiger partial charge in [0, 0.05) is 5.02 Å². The van der Waals surface area contributed by atoms with Crippen molar-refractivity contribution in [2.45, 2.75) is 38.3 Å². The van der Waals surface area contributed by atoms with Gasteiger partial charge in [-0.3, -0.25) is 4.79 Å². The second-order valence-electron chi connectivity index (χ2n) is 5.55. The number of hydrogen-bond acceptors (Lipinski definition) is 4. The molecule has 3 N–H and O–H groups in total. The van der Waals surface area contributed by atoms with E-state index in [1.165, 1.54) is 6.07 Å². The Morgan fingerprint density at radius 3 is 2.40 bits per heavy atom. The van der Waals surface area contributed by atoms with E-state index in [2.05, 4.69) is 0 Å². The third-order valence-electron chi connectivity index (χ3n) is 2.53. The number of carboxylic acid groups (broad SMARTS) is 1. The van der Waals surface area contributed by atoms with Crippen LogP contribution in [-0.4, -0.2) is 22.6 Å². The van der Waals surface area contributed by atoms with Gasteiger partial charge in [0.25, 0.3) is 0 Å². The smallest absolute Gasteiger partial charge is 0.331 e. The largest absolute Gasteiger partial charge is 0.481 e. The van der Waals surface area contributed by atoms with Gasteiger partial charge in [0.1, 0.15) is 5.60 Å². The van der Waals surface area contributed by atoms with E-state index < -0.39 is 29.5 Å². The first-order valence-corrected chi connectivity index (χ1v) is 6.42. The van der Waals surface area contributed by atoms with Gasteiger partial charge >= 0.3 is 11.9 Å². The molecule has 0 heterocycles. The minimum atomic E-state index is -1.77. The van der Waals surface area contributed by atoms with Crippen molar-refractivity contribution < 1.29 is 19.4 Å². The lowest BCUT2D eigenvalue weighted by Gasteiger charge is -2.30. The minimum absolute atomic E-state index is 0.307. The molecule has 0 saturated carbocycles. The molecule has 6 heteroatoms. The summed E-state index contributed by atoms with van der Waals surface area (Å²) in [5.41, 5.74) is 3.79. The van der Waals surface area contributed by atoms with E-state index in [-0.39, 0.29) is 0 Å². The van der Waals surface area contributed by atoms with Crippen LogP contribution in [0.15, 0.2) is 24.3 Å². The summed E-state index contributed by atoms with van der Waals surface area (Å²) < 4.78 is 5.23. The molecule has 0 unspecified atom stereocenters. The summed E-state index contributed by atoms with van der Waals surface area (Å²) in [7, 11) is 0. The fourth-order valence-corrected chi connectivity index (χ4v) is 1.86. The van der Waals surface area contributed by atoms with Crippen molar-refractivity contribution in [3.05, 3.63) is 34.9 Å². The normalized spacial score (nSPS) is 14.4. The molecule has 1 atom stereocenters. The zero-order chi connectivity index (χ0) is 15.6. The number of carbonyl (C=O) groups excluding carboxylic acids is 1. The van der Waals surface area contributed by atoms with Gasteiger partial charge in [0.05, 0.1) is 6.42 Å². The third-order valence-corrected chi connectivity index (χ3v) is 2.77. The summed E-state index contributed by atoms with van der Waals surface area (Å²) in [6.07, 6.45) is -0.581. The molecule has 110 valence electrons. The molecule has 0 spiro atoms. The number of carboxylic acids is 1. The van der Waals surface area contributed by atoms with Crippen LogP contribution in [0.4, 0.5) is 0 Å². The number of benzene rings is 1. The van der Waals surface area contributed by atoms with E-state index in [1.807, 2.05) is 0 Å². The number of hydrogen-bond donors (Lipinski definition) is 2. The van der Waals surface area contributed by atoms with E-state index in [9.17, 15) is 9.59 Å². The van der Waals surface area contributed by atoms with Gasteiger partial charge in [-0.25, -0.2) is 4.79 Å². The molecule has 0 saturated heterocycles. The summed E-state index contributed by atoms with van der Waals surface area (Å²) in [5, 5.41) is 9.37. The monoisotopic (exact) mass is 299 g/mol. The van der Waals surface area contributed by atoms with Crippen molar-refractivity contribution in [1.82, 2.24) is 0 Å². The first-order chi connectivity index (χ1) is 9.04. The summed E-state index contributed by atoms with van der Waals surface area (Å²) >= 11 is 5.87. The van der Waals surface area contributed by atoms with Gasteiger partial charge in [-0.15, -0.1) is 0 Å². The molecule has 20 heavy (non-hydrogen) atoms. The molecular formula is C14H18ClNO4. The Hall–Kier alpha value is -1.59. The van der Waals surface area contributed by atoms with E-state index in [0.717, 1.165) is 0 Å². The van der Waals surface area contributed by atoms with Crippen molar-refractivity contribution in [2.24, 2.45) is 5.73 Å². The Bertz CT molecular complexity index is 524. The molecule has 5 nitrogen and oxygen atoms in total. The van der Waals surface area contributed by atoms with Crippen LogP contribution in [0.5, 0.6) is 0 Å². The van der Waals surface area contributed by atoms with Crippen molar-refractivity contribution in [2.75, 3.05) is 0 Å². The standard InChI is InChI=1S/C14H18ClNO4/c1-13(2,3)20-12(19)14(16,8-11(17)18)9-5-4-6-10(15)7-9/h4-7H,8,16H2,1-3H3,(H,17,18)/t14-/m1/s1. The van der Waals surface area contributed by atoms with Gasteiger partial charge < -0.3 is 15.6 Å². The molecule has 1 aromatic carbocycles. The lowest BCUT2D eigenvalue weighted by Crippen LogP contribution is -2.49. The highest BCUT2D eigenvalue weighted by molar-refractivity contribution is 6.30. The third kappa shape index (κ3) is 4.21. The van der Waals surface area contributed by atoms with Crippen molar-refractivity contribution >= 4 is 23.5 Å². The van der Waals surface area contributed by atoms with Crippen LogP contribution in [-0.2, 0) is 19.9 Å². The number of esters is 1. The quantitative estimate of drug-likeness (QED) is 0.833. The second-order valence-corrected chi connectivity index (χ2v) is 5.99. The number of halogens is 1. The lowest BCUT2D eigenvalue weighted by atomic mass is 9.87. The first-order valence-electron chi connectivity index (χ1n) is 6.05. The minimum Gasteiger partial charge on any atom is -0.481 e. The van der Waals surface area contributed by atoms with Crippen LogP contribution in [0.3, 0.4) is 0 Å². The van der Waals surface area contributed by atoms with E-state index >= 15 is 0 Å². The van der Waals surface area contributed by atoms with E-state index in [1.54, 1.807) is 39.0 Å². The van der Waals surface area contributed by atoms with Crippen LogP contribution in [0.2, 0.25) is 5.02 Å². The fraction of sp³-hybridized carbons (Fsp3) is 0.429. The number of rotatable bonds is 4. The van der Waals surface area contributed by atoms with Gasteiger partial charge in [-0.05, 0) is 38.5 Å². The summed E-state index contributed by atoms with van der Waals surface area (Å²) in [6, 6.07) is 6.24. The molecular weight excluding hydrogens is 282 g/mol. The molecule has 1 rings (SSSR count). The molecule has 0 amide bonds. The van der Waals surface area contributed by atoms with Gasteiger partial charge in [0.15, 0.2) is 5.54 Å². The number of carbonyl (C=O) groups is 2. The van der Waals surface area contributed by atoms with Crippen molar-refractivity contribution in [3.63, 3.8) is 0 Å². The molecule has 0 aliphatic rings. The fourth-order valence-electron chi connectivity index (χ4n) is 1.67. The molecule has 0 aromatic heterocycles. The summed E-state index contributed by atoms with van der Waals surface area (Å²) in [4.78, 5) is 23.3. The SMILES string of the molecule is CC(C)(C)OC(=O)[C@@](N)(CC(=O)O)c1cccc(Cl)c1. The Balaban J connectivity index is 3.22. The zero-order valence-electron chi connectivity index (χ0n) is 11.6. The molecule has 1 aromatic rings. The van der Waals surface area contributed by atoms with E-state index in [0.29, 0.717) is 10.6 Å². The van der Waals surface area contributed by atoms with Crippen LogP contribution in [0.25, 0.3) is 0 Å². The van der Waals surface area contributed by atoms with Crippen LogP contribution < -0.4 is 5.73 Å². The lowest BCUT2D eigenvalue weighted by molar-refractivity contribution is -0.165. The van der Waals surface area contributed by atoms with Crippen LogP contribution in [0, 0.1) is 0 Å². The highest BCUT2D eigenvalue weighted by Crippen LogP contribution is 2.28. The summed E-state index contributed by atoms with van der Waals surface area (Å²) in [6.45, 7) is 5.05. The molecule has 0 bridgehead atoms. The van der Waals surface area contributed by atoms with Crippen LogP contribution in [0.1, 0.15) is 32.8 Å². The van der Waals surface area contributed by atoms with E-state index in [4.69, 9.17) is 27.2 Å². The predicted molar refractivity (Wildman–Crippen MR) is 75.4 cm³/mol. The number of nitrogens with two attached hydrogens (primary N) is 1. The molecule has 0 radical (unpaired) electrons. The predicted octanol–water partition coefficient (Wildman–Crippen LogP) is 2.31. The highest BCUT2D eigenvalue weighted by atomic mass is 35.5. The Kier molecular flexibility index (Phi) is 4.78. The van der Waals surface area contributed by atoms with Gasteiger partial charge in [0.2, 0.25) is 0 Å². The Morgan fingerprint density at radius 1 is 1.35 bits per heavy atom. The molecule has 0 fully saturated rings. The maximum atomic E-state index is 12.3. The molecule has 0 aliphatic carbocycles. The Morgan fingerprint density at radius 2 is 1.95 bits per heavy atom. The number of aliphatic carboxylic acids is 1. The molecule has 0 aliphatic heterocycles. The van der Waals surface area contributed by atoms with Gasteiger partial charge in [-0.1, -0.05) is 23.7 Å². The zero-order valence-corrected chi connectivity index (χ0v) is 12.4. The van der Waals surface area contributed by atoms with Crippen LogP contribution >= 0.6 is 11.6 Å². The first kappa shape index (κ1) is 16.5.